The molecule has 3 rings (SSSR count). The Bertz CT molecular complexity index is 944. The second-order valence-corrected chi connectivity index (χ2v) is 6.94. The van der Waals surface area contributed by atoms with E-state index in [-0.39, 0.29) is 18.0 Å². The first-order valence-corrected chi connectivity index (χ1v) is 9.12. The fourth-order valence-electron chi connectivity index (χ4n) is 2.55. The molecule has 0 radical (unpaired) electrons. The Morgan fingerprint density at radius 1 is 1.23 bits per heavy atom. The Kier molecular flexibility index (Phi) is 5.27. The number of esters is 1. The van der Waals surface area contributed by atoms with E-state index in [9.17, 15) is 9.59 Å². The minimum absolute atomic E-state index is 0.246. The van der Waals surface area contributed by atoms with Crippen LogP contribution in [0.4, 0.5) is 10.5 Å². The normalized spacial score (nSPS) is 12.0. The number of rotatable bonds is 5. The summed E-state index contributed by atoms with van der Waals surface area (Å²) in [6.07, 6.45) is 0. The molecule has 0 bridgehead atoms. The standard InChI is InChI=1S/C19H20N2O4S/c1-4-24-18(22)17-10-13-9-14(6-8-16(13)26-17)21-19(23)20-12(3)15-7-5-11(2)25-15/h5-10,12H,4H2,1-3H3,(H2,20,21,23). The zero-order valence-electron chi connectivity index (χ0n) is 14.8. The van der Waals surface area contributed by atoms with Crippen molar-refractivity contribution in [2.45, 2.75) is 26.8 Å². The Morgan fingerprint density at radius 2 is 2.04 bits per heavy atom. The first-order chi connectivity index (χ1) is 12.5. The molecule has 1 aromatic carbocycles. The van der Waals surface area contributed by atoms with E-state index >= 15 is 0 Å². The molecule has 2 amide bonds. The predicted molar refractivity (Wildman–Crippen MR) is 102 cm³/mol. The maximum absolute atomic E-state index is 12.2. The van der Waals surface area contributed by atoms with Crippen molar-refractivity contribution in [2.75, 3.05) is 11.9 Å². The van der Waals surface area contributed by atoms with E-state index in [1.807, 2.05) is 38.1 Å². The minimum atomic E-state index is -0.330. The molecule has 2 N–H and O–H groups in total. The summed E-state index contributed by atoms with van der Waals surface area (Å²) in [4.78, 5) is 24.6. The molecule has 6 nitrogen and oxygen atoms in total. The van der Waals surface area contributed by atoms with E-state index in [0.717, 1.165) is 15.8 Å². The number of amides is 2. The van der Waals surface area contributed by atoms with Gasteiger partial charge in [0.25, 0.3) is 0 Å². The lowest BCUT2D eigenvalue weighted by Crippen LogP contribution is -2.30. The Balaban J connectivity index is 1.68. The first kappa shape index (κ1) is 18.0. The van der Waals surface area contributed by atoms with Gasteiger partial charge in [0.05, 0.1) is 12.6 Å². The molecule has 26 heavy (non-hydrogen) atoms. The van der Waals surface area contributed by atoms with Gasteiger partial charge in [0.15, 0.2) is 0 Å². The summed E-state index contributed by atoms with van der Waals surface area (Å²) < 4.78 is 11.5. The highest BCUT2D eigenvalue weighted by molar-refractivity contribution is 7.20. The number of ether oxygens (including phenoxy) is 1. The van der Waals surface area contributed by atoms with Crippen LogP contribution in [0.15, 0.2) is 40.8 Å². The van der Waals surface area contributed by atoms with E-state index < -0.39 is 0 Å². The molecule has 0 fully saturated rings. The van der Waals surface area contributed by atoms with Gasteiger partial charge in [-0.1, -0.05) is 0 Å². The van der Waals surface area contributed by atoms with Gasteiger partial charge in [0.1, 0.15) is 16.4 Å². The van der Waals surface area contributed by atoms with Gasteiger partial charge < -0.3 is 19.8 Å². The maximum Gasteiger partial charge on any atom is 0.348 e. The van der Waals surface area contributed by atoms with Crippen LogP contribution < -0.4 is 10.6 Å². The van der Waals surface area contributed by atoms with Crippen LogP contribution in [0.3, 0.4) is 0 Å². The average Bonchev–Trinajstić information content (AvgIpc) is 3.20. The fourth-order valence-corrected chi connectivity index (χ4v) is 3.48. The number of hydrogen-bond acceptors (Lipinski definition) is 5. The number of furan rings is 1. The van der Waals surface area contributed by atoms with Crippen molar-refractivity contribution < 1.29 is 18.7 Å². The monoisotopic (exact) mass is 372 g/mol. The topological polar surface area (TPSA) is 80.6 Å². The number of urea groups is 1. The van der Waals surface area contributed by atoms with Crippen LogP contribution in [0.5, 0.6) is 0 Å². The SMILES string of the molecule is CCOC(=O)c1cc2cc(NC(=O)NC(C)c3ccc(C)o3)ccc2s1. The van der Waals surface area contributed by atoms with E-state index in [4.69, 9.17) is 9.15 Å². The van der Waals surface area contributed by atoms with Crippen molar-refractivity contribution in [2.24, 2.45) is 0 Å². The van der Waals surface area contributed by atoms with E-state index in [0.29, 0.717) is 22.9 Å². The molecular formula is C19H20N2O4S. The van der Waals surface area contributed by atoms with Crippen LogP contribution in [0.1, 0.15) is 41.1 Å². The number of carbonyl (C=O) groups is 2. The van der Waals surface area contributed by atoms with Gasteiger partial charge in [0, 0.05) is 10.4 Å². The van der Waals surface area contributed by atoms with Crippen LogP contribution in [-0.2, 0) is 4.74 Å². The number of anilines is 1. The van der Waals surface area contributed by atoms with Crippen molar-refractivity contribution in [1.82, 2.24) is 5.32 Å². The summed E-state index contributed by atoms with van der Waals surface area (Å²) in [6.45, 7) is 5.83. The third-order valence-electron chi connectivity index (χ3n) is 3.79. The summed E-state index contributed by atoms with van der Waals surface area (Å²) in [6, 6.07) is 10.4. The number of thiophene rings is 1. The van der Waals surface area contributed by atoms with Crippen molar-refractivity contribution in [3.63, 3.8) is 0 Å². The van der Waals surface area contributed by atoms with Gasteiger partial charge >= 0.3 is 12.0 Å². The van der Waals surface area contributed by atoms with Gasteiger partial charge in [0.2, 0.25) is 0 Å². The first-order valence-electron chi connectivity index (χ1n) is 8.31. The van der Waals surface area contributed by atoms with Crippen LogP contribution in [0.2, 0.25) is 0 Å². The number of benzene rings is 1. The molecule has 2 heterocycles. The van der Waals surface area contributed by atoms with Gasteiger partial charge in [-0.2, -0.15) is 0 Å². The number of fused-ring (bicyclic) bond motifs is 1. The molecule has 7 heteroatoms. The Morgan fingerprint density at radius 3 is 2.73 bits per heavy atom. The molecule has 0 saturated heterocycles. The number of nitrogens with one attached hydrogen (secondary N) is 2. The number of hydrogen-bond donors (Lipinski definition) is 2. The van der Waals surface area contributed by atoms with Gasteiger partial charge in [-0.3, -0.25) is 0 Å². The lowest BCUT2D eigenvalue weighted by atomic mass is 10.2. The van der Waals surface area contributed by atoms with E-state index in [1.54, 1.807) is 19.1 Å². The van der Waals surface area contributed by atoms with Gasteiger partial charge in [-0.05, 0) is 62.6 Å². The highest BCUT2D eigenvalue weighted by atomic mass is 32.1. The molecule has 0 aliphatic heterocycles. The third kappa shape index (κ3) is 4.05. The quantitative estimate of drug-likeness (QED) is 0.627. The van der Waals surface area contributed by atoms with Crippen LogP contribution in [-0.4, -0.2) is 18.6 Å². The lowest BCUT2D eigenvalue weighted by molar-refractivity contribution is 0.0532. The summed E-state index contributed by atoms with van der Waals surface area (Å²) in [7, 11) is 0. The Labute approximate surface area is 155 Å². The third-order valence-corrected chi connectivity index (χ3v) is 4.88. The zero-order chi connectivity index (χ0) is 18.7. The second kappa shape index (κ2) is 7.61. The van der Waals surface area contributed by atoms with Crippen LogP contribution >= 0.6 is 11.3 Å². The molecule has 2 aromatic heterocycles. The fraction of sp³-hybridized carbons (Fsp3) is 0.263. The Hall–Kier alpha value is -2.80. The molecule has 1 atom stereocenters. The highest BCUT2D eigenvalue weighted by Gasteiger charge is 2.14. The highest BCUT2D eigenvalue weighted by Crippen LogP contribution is 2.28. The molecular weight excluding hydrogens is 352 g/mol. The van der Waals surface area contributed by atoms with Gasteiger partial charge in [-0.25, -0.2) is 9.59 Å². The summed E-state index contributed by atoms with van der Waals surface area (Å²) in [5.74, 6) is 1.17. The maximum atomic E-state index is 12.2. The summed E-state index contributed by atoms with van der Waals surface area (Å²) >= 11 is 1.37. The van der Waals surface area contributed by atoms with Crippen molar-refractivity contribution >= 4 is 39.1 Å². The van der Waals surface area contributed by atoms with Crippen LogP contribution in [0, 0.1) is 6.92 Å². The molecule has 1 unspecified atom stereocenters. The molecule has 136 valence electrons. The second-order valence-electron chi connectivity index (χ2n) is 5.85. The van der Waals surface area contributed by atoms with E-state index in [1.165, 1.54) is 11.3 Å². The molecule has 0 aliphatic rings. The average molecular weight is 372 g/mol. The molecule has 0 spiro atoms. The summed E-state index contributed by atoms with van der Waals surface area (Å²) in [5.41, 5.74) is 0.644. The number of carbonyl (C=O) groups excluding carboxylic acids is 2. The largest absolute Gasteiger partial charge is 0.464 e. The van der Waals surface area contributed by atoms with Crippen molar-refractivity contribution in [1.29, 1.82) is 0 Å². The lowest BCUT2D eigenvalue weighted by Gasteiger charge is -2.12. The van der Waals surface area contributed by atoms with Gasteiger partial charge in [-0.15, -0.1) is 11.3 Å². The van der Waals surface area contributed by atoms with Crippen LogP contribution in [0.25, 0.3) is 10.1 Å². The predicted octanol–water partition coefficient (Wildman–Crippen LogP) is 4.86. The van der Waals surface area contributed by atoms with Crippen molar-refractivity contribution in [3.8, 4) is 0 Å². The number of aryl methyl sites for hydroxylation is 1. The minimum Gasteiger partial charge on any atom is -0.464 e. The van der Waals surface area contributed by atoms with Crippen molar-refractivity contribution in [3.05, 3.63) is 52.8 Å². The zero-order valence-corrected chi connectivity index (χ0v) is 15.6. The molecule has 0 aliphatic carbocycles. The smallest absolute Gasteiger partial charge is 0.348 e. The summed E-state index contributed by atoms with van der Waals surface area (Å²) in [5, 5.41) is 6.51. The molecule has 0 saturated carbocycles. The van der Waals surface area contributed by atoms with E-state index in [2.05, 4.69) is 10.6 Å². The molecule has 3 aromatic rings.